The van der Waals surface area contributed by atoms with Gasteiger partial charge in [0.2, 0.25) is 0 Å². The molecule has 0 aromatic rings. The van der Waals surface area contributed by atoms with Gasteiger partial charge in [0.05, 0.1) is 0 Å². The molecular formula is C9H14O2. The lowest BCUT2D eigenvalue weighted by Gasteiger charge is -2.11. The minimum Gasteiger partial charge on any atom is -0.349 e. The van der Waals surface area contributed by atoms with E-state index in [1.807, 2.05) is 13.8 Å². The average Bonchev–Trinajstić information content (AvgIpc) is 2.01. The van der Waals surface area contributed by atoms with Gasteiger partial charge in [-0.05, 0) is 26.0 Å². The Kier molecular flexibility index (Phi) is 6.81. The van der Waals surface area contributed by atoms with Crippen molar-refractivity contribution in [1.82, 2.24) is 0 Å². The topological polar surface area (TPSA) is 18.5 Å². The summed E-state index contributed by atoms with van der Waals surface area (Å²) < 4.78 is 10.4. The van der Waals surface area contributed by atoms with Crippen LogP contribution in [0.4, 0.5) is 0 Å². The SMILES string of the molecule is C#C/C=C\C(OCC)OCC. The van der Waals surface area contributed by atoms with Crippen LogP contribution in [0.25, 0.3) is 0 Å². The van der Waals surface area contributed by atoms with Crippen LogP contribution < -0.4 is 0 Å². The molecule has 0 aromatic heterocycles. The lowest BCUT2D eigenvalue weighted by molar-refractivity contribution is -0.103. The molecule has 0 saturated heterocycles. The Labute approximate surface area is 68.2 Å². The van der Waals surface area contributed by atoms with Gasteiger partial charge in [0.1, 0.15) is 0 Å². The van der Waals surface area contributed by atoms with Crippen LogP contribution in [0.2, 0.25) is 0 Å². The molecule has 0 saturated carbocycles. The van der Waals surface area contributed by atoms with Gasteiger partial charge in [-0.3, -0.25) is 0 Å². The van der Waals surface area contributed by atoms with Crippen molar-refractivity contribution in [3.8, 4) is 12.3 Å². The third kappa shape index (κ3) is 5.65. The highest BCUT2D eigenvalue weighted by Gasteiger charge is 1.99. The summed E-state index contributed by atoms with van der Waals surface area (Å²) >= 11 is 0. The van der Waals surface area contributed by atoms with Gasteiger partial charge in [-0.2, -0.15) is 0 Å². The van der Waals surface area contributed by atoms with E-state index in [0.717, 1.165) is 0 Å². The molecule has 0 spiro atoms. The third-order valence-electron chi connectivity index (χ3n) is 1.01. The minimum absolute atomic E-state index is 0.291. The summed E-state index contributed by atoms with van der Waals surface area (Å²) in [6.45, 7) is 5.07. The summed E-state index contributed by atoms with van der Waals surface area (Å²) in [4.78, 5) is 0. The van der Waals surface area contributed by atoms with E-state index in [2.05, 4.69) is 5.92 Å². The molecule has 0 radical (unpaired) electrons. The van der Waals surface area contributed by atoms with E-state index in [1.54, 1.807) is 12.2 Å². The van der Waals surface area contributed by atoms with E-state index in [4.69, 9.17) is 15.9 Å². The summed E-state index contributed by atoms with van der Waals surface area (Å²) in [7, 11) is 0. The molecule has 0 N–H and O–H groups in total. The van der Waals surface area contributed by atoms with Crippen LogP contribution in [-0.4, -0.2) is 19.5 Å². The first-order valence-corrected chi connectivity index (χ1v) is 3.71. The minimum atomic E-state index is -0.291. The largest absolute Gasteiger partial charge is 0.349 e. The molecule has 0 atom stereocenters. The van der Waals surface area contributed by atoms with Crippen molar-refractivity contribution in [2.24, 2.45) is 0 Å². The molecule has 62 valence electrons. The van der Waals surface area contributed by atoms with Crippen molar-refractivity contribution >= 4 is 0 Å². The fourth-order valence-corrected chi connectivity index (χ4v) is 0.622. The molecule has 0 bridgehead atoms. The zero-order valence-corrected chi connectivity index (χ0v) is 7.04. The van der Waals surface area contributed by atoms with Crippen LogP contribution in [0.15, 0.2) is 12.2 Å². The highest BCUT2D eigenvalue weighted by molar-refractivity contribution is 5.09. The van der Waals surface area contributed by atoms with Crippen LogP contribution >= 0.6 is 0 Å². The van der Waals surface area contributed by atoms with Gasteiger partial charge in [-0.15, -0.1) is 6.42 Å². The smallest absolute Gasteiger partial charge is 0.177 e. The summed E-state index contributed by atoms with van der Waals surface area (Å²) in [5.74, 6) is 2.37. The molecule has 0 heterocycles. The van der Waals surface area contributed by atoms with Crippen molar-refractivity contribution in [3.63, 3.8) is 0 Å². The van der Waals surface area contributed by atoms with Gasteiger partial charge < -0.3 is 9.47 Å². The van der Waals surface area contributed by atoms with Crippen LogP contribution in [-0.2, 0) is 9.47 Å². The summed E-state index contributed by atoms with van der Waals surface area (Å²) in [5, 5.41) is 0. The highest BCUT2D eigenvalue weighted by Crippen LogP contribution is 1.96. The monoisotopic (exact) mass is 154 g/mol. The Morgan fingerprint density at radius 2 is 1.91 bits per heavy atom. The van der Waals surface area contributed by atoms with Crippen LogP contribution in [0.3, 0.4) is 0 Å². The predicted octanol–water partition coefficient (Wildman–Crippen LogP) is 1.57. The standard InChI is InChI=1S/C9H14O2/c1-4-7-8-9(10-5-2)11-6-3/h1,7-9H,5-6H2,2-3H3/b8-7-. The molecule has 0 aliphatic carbocycles. The second-order valence-electron chi connectivity index (χ2n) is 1.80. The molecule has 0 amide bonds. The van der Waals surface area contributed by atoms with Crippen LogP contribution in [0.5, 0.6) is 0 Å². The summed E-state index contributed by atoms with van der Waals surface area (Å²) in [6.07, 6.45) is 8.03. The van der Waals surface area contributed by atoms with Gasteiger partial charge in [0, 0.05) is 13.2 Å². The van der Waals surface area contributed by atoms with E-state index in [0.29, 0.717) is 13.2 Å². The fourth-order valence-electron chi connectivity index (χ4n) is 0.622. The molecule has 0 aliphatic rings. The number of ether oxygens (including phenoxy) is 2. The van der Waals surface area contributed by atoms with Crippen molar-refractivity contribution in [3.05, 3.63) is 12.2 Å². The first-order chi connectivity index (χ1) is 5.35. The van der Waals surface area contributed by atoms with Crippen molar-refractivity contribution in [2.75, 3.05) is 13.2 Å². The Hall–Kier alpha value is -0.780. The molecule has 0 fully saturated rings. The van der Waals surface area contributed by atoms with Gasteiger partial charge in [-0.25, -0.2) is 0 Å². The number of terminal acetylenes is 1. The molecule has 2 nitrogen and oxygen atoms in total. The zero-order valence-electron chi connectivity index (χ0n) is 7.04. The molecule has 0 aliphatic heterocycles. The Morgan fingerprint density at radius 1 is 1.36 bits per heavy atom. The third-order valence-corrected chi connectivity index (χ3v) is 1.01. The van der Waals surface area contributed by atoms with Crippen LogP contribution in [0.1, 0.15) is 13.8 Å². The van der Waals surface area contributed by atoms with Gasteiger partial charge in [-0.1, -0.05) is 5.92 Å². The number of allylic oxidation sites excluding steroid dienone is 1. The van der Waals surface area contributed by atoms with Crippen molar-refractivity contribution in [1.29, 1.82) is 0 Å². The average molecular weight is 154 g/mol. The van der Waals surface area contributed by atoms with E-state index < -0.39 is 0 Å². The number of hydrogen-bond acceptors (Lipinski definition) is 2. The van der Waals surface area contributed by atoms with E-state index in [9.17, 15) is 0 Å². The van der Waals surface area contributed by atoms with Crippen LogP contribution in [0, 0.1) is 12.3 Å². The quantitative estimate of drug-likeness (QED) is 0.442. The maximum atomic E-state index is 5.18. The van der Waals surface area contributed by atoms with Gasteiger partial charge >= 0.3 is 0 Å². The van der Waals surface area contributed by atoms with Gasteiger partial charge in [0.15, 0.2) is 6.29 Å². The van der Waals surface area contributed by atoms with Crippen molar-refractivity contribution in [2.45, 2.75) is 20.1 Å². The lowest BCUT2D eigenvalue weighted by Crippen LogP contribution is -2.13. The fraction of sp³-hybridized carbons (Fsp3) is 0.556. The number of hydrogen-bond donors (Lipinski definition) is 0. The first kappa shape index (κ1) is 10.2. The highest BCUT2D eigenvalue weighted by atomic mass is 16.7. The van der Waals surface area contributed by atoms with Gasteiger partial charge in [0.25, 0.3) is 0 Å². The summed E-state index contributed by atoms with van der Waals surface area (Å²) in [6, 6.07) is 0. The molecular weight excluding hydrogens is 140 g/mol. The molecule has 2 heteroatoms. The van der Waals surface area contributed by atoms with Crippen molar-refractivity contribution < 1.29 is 9.47 Å². The zero-order chi connectivity index (χ0) is 8.53. The predicted molar refractivity (Wildman–Crippen MR) is 45.0 cm³/mol. The Bertz CT molecular complexity index is 138. The molecule has 11 heavy (non-hydrogen) atoms. The Morgan fingerprint density at radius 3 is 2.27 bits per heavy atom. The Balaban J connectivity index is 3.70. The van der Waals surface area contributed by atoms with E-state index >= 15 is 0 Å². The molecule has 0 unspecified atom stereocenters. The second kappa shape index (κ2) is 7.33. The second-order valence-corrected chi connectivity index (χ2v) is 1.80. The molecule has 0 rings (SSSR count). The first-order valence-electron chi connectivity index (χ1n) is 3.71. The van der Waals surface area contributed by atoms with E-state index in [-0.39, 0.29) is 6.29 Å². The normalized spacial score (nSPS) is 10.7. The lowest BCUT2D eigenvalue weighted by atomic mass is 10.5. The van der Waals surface area contributed by atoms with E-state index in [1.165, 1.54) is 0 Å². The maximum Gasteiger partial charge on any atom is 0.177 e. The maximum absolute atomic E-state index is 5.18. The molecule has 0 aromatic carbocycles. The summed E-state index contributed by atoms with van der Waals surface area (Å²) in [5.41, 5.74) is 0. The number of rotatable bonds is 5.